The van der Waals surface area contributed by atoms with Gasteiger partial charge < -0.3 is 19.7 Å². The molecule has 1 atom stereocenters. The quantitative estimate of drug-likeness (QED) is 0.853. The van der Waals surface area contributed by atoms with Crippen molar-refractivity contribution in [3.05, 3.63) is 23.9 Å². The monoisotopic (exact) mass is 293 g/mol. The maximum absolute atomic E-state index is 12.6. The summed E-state index contributed by atoms with van der Waals surface area (Å²) in [7, 11) is 3.01. The molecule has 1 unspecified atom stereocenters. The minimum Gasteiger partial charge on any atom is -0.480 e. The van der Waals surface area contributed by atoms with Gasteiger partial charge >= 0.3 is 0 Å². The van der Waals surface area contributed by atoms with Gasteiger partial charge in [0.15, 0.2) is 5.60 Å². The Morgan fingerprint density at radius 3 is 2.95 bits per heavy atom. The number of likely N-dealkylation sites (N-methyl/N-ethyl adjacent to an activating group) is 1. The van der Waals surface area contributed by atoms with Gasteiger partial charge in [0.2, 0.25) is 5.88 Å². The minimum absolute atomic E-state index is 0.184. The van der Waals surface area contributed by atoms with Crippen LogP contribution in [-0.2, 0) is 9.53 Å². The molecule has 1 aliphatic heterocycles. The summed E-state index contributed by atoms with van der Waals surface area (Å²) >= 11 is 0. The fraction of sp³-hybridized carbons (Fsp3) is 0.500. The van der Waals surface area contributed by atoms with Crippen LogP contribution in [0.1, 0.15) is 17.3 Å². The zero-order valence-corrected chi connectivity index (χ0v) is 12.4. The molecule has 2 amide bonds. The van der Waals surface area contributed by atoms with Gasteiger partial charge in [0.25, 0.3) is 11.8 Å². The van der Waals surface area contributed by atoms with Crippen LogP contribution in [0.25, 0.3) is 0 Å². The van der Waals surface area contributed by atoms with Crippen molar-refractivity contribution in [3.63, 3.8) is 0 Å². The Labute approximate surface area is 123 Å². The molecule has 0 bridgehead atoms. The first-order valence-corrected chi connectivity index (χ1v) is 6.66. The molecule has 7 heteroatoms. The van der Waals surface area contributed by atoms with Crippen molar-refractivity contribution in [2.24, 2.45) is 0 Å². The van der Waals surface area contributed by atoms with Crippen LogP contribution in [0.3, 0.4) is 0 Å². The van der Waals surface area contributed by atoms with Gasteiger partial charge in [0, 0.05) is 19.8 Å². The second kappa shape index (κ2) is 6.09. The topological polar surface area (TPSA) is 80.8 Å². The number of pyridine rings is 1. The van der Waals surface area contributed by atoms with E-state index in [1.54, 1.807) is 37.2 Å². The van der Waals surface area contributed by atoms with E-state index in [9.17, 15) is 9.59 Å². The van der Waals surface area contributed by atoms with Crippen LogP contribution in [0.5, 0.6) is 5.88 Å². The van der Waals surface area contributed by atoms with Crippen LogP contribution >= 0.6 is 0 Å². The van der Waals surface area contributed by atoms with Crippen LogP contribution in [0, 0.1) is 0 Å². The number of amides is 2. The number of rotatable bonds is 3. The van der Waals surface area contributed by atoms with E-state index in [-0.39, 0.29) is 24.2 Å². The van der Waals surface area contributed by atoms with Crippen molar-refractivity contribution < 1.29 is 19.1 Å². The molecule has 21 heavy (non-hydrogen) atoms. The van der Waals surface area contributed by atoms with Crippen molar-refractivity contribution >= 4 is 11.8 Å². The van der Waals surface area contributed by atoms with E-state index in [2.05, 4.69) is 10.3 Å². The van der Waals surface area contributed by atoms with Crippen LogP contribution in [0.15, 0.2) is 18.3 Å². The zero-order valence-electron chi connectivity index (χ0n) is 12.4. The van der Waals surface area contributed by atoms with E-state index in [4.69, 9.17) is 9.47 Å². The number of hydrogen-bond donors (Lipinski definition) is 1. The molecule has 2 rings (SSSR count). The van der Waals surface area contributed by atoms with Crippen molar-refractivity contribution in [3.8, 4) is 5.88 Å². The van der Waals surface area contributed by atoms with E-state index >= 15 is 0 Å². The van der Waals surface area contributed by atoms with Gasteiger partial charge in [-0.25, -0.2) is 4.98 Å². The number of ether oxygens (including phenoxy) is 2. The lowest BCUT2D eigenvalue weighted by molar-refractivity contribution is -0.153. The highest BCUT2D eigenvalue weighted by atomic mass is 16.5. The molecule has 1 aliphatic rings. The first-order valence-electron chi connectivity index (χ1n) is 6.66. The van der Waals surface area contributed by atoms with E-state index < -0.39 is 5.60 Å². The highest BCUT2D eigenvalue weighted by Gasteiger charge is 2.40. The molecular weight excluding hydrogens is 274 g/mol. The van der Waals surface area contributed by atoms with Crippen molar-refractivity contribution in [2.45, 2.75) is 12.5 Å². The highest BCUT2D eigenvalue weighted by Crippen LogP contribution is 2.22. The van der Waals surface area contributed by atoms with Gasteiger partial charge in [-0.05, 0) is 19.1 Å². The van der Waals surface area contributed by atoms with Gasteiger partial charge in [-0.2, -0.15) is 0 Å². The zero-order chi connectivity index (χ0) is 15.5. The van der Waals surface area contributed by atoms with Crippen molar-refractivity contribution in [2.75, 3.05) is 33.9 Å². The molecule has 1 fully saturated rings. The standard InChI is InChI=1S/C14H19N3O4/c1-14(13(19)15-2)9-17(7-8-21-14)12(18)10-5-4-6-16-11(10)20-3/h4-6H,7-9H2,1-3H3,(H,15,19). The molecule has 2 heterocycles. The number of aromatic nitrogens is 1. The average molecular weight is 293 g/mol. The predicted molar refractivity (Wildman–Crippen MR) is 75.1 cm³/mol. The van der Waals surface area contributed by atoms with Crippen molar-refractivity contribution in [1.82, 2.24) is 15.2 Å². The van der Waals surface area contributed by atoms with Crippen LogP contribution in [-0.4, -0.2) is 61.2 Å². The third-order valence-electron chi connectivity index (χ3n) is 3.46. The Balaban J connectivity index is 2.21. The molecule has 0 spiro atoms. The second-order valence-corrected chi connectivity index (χ2v) is 4.95. The summed E-state index contributed by atoms with van der Waals surface area (Å²) in [5, 5.41) is 2.56. The number of hydrogen-bond acceptors (Lipinski definition) is 5. The summed E-state index contributed by atoms with van der Waals surface area (Å²) in [6, 6.07) is 3.33. The SMILES string of the molecule is CNC(=O)C1(C)CN(C(=O)c2cccnc2OC)CCO1. The molecule has 1 aromatic heterocycles. The van der Waals surface area contributed by atoms with Crippen LogP contribution in [0.4, 0.5) is 0 Å². The fourth-order valence-electron chi connectivity index (χ4n) is 2.33. The maximum atomic E-state index is 12.6. The Bertz CT molecular complexity index is 549. The fourth-order valence-corrected chi connectivity index (χ4v) is 2.33. The van der Waals surface area contributed by atoms with Gasteiger partial charge in [-0.15, -0.1) is 0 Å². The van der Waals surface area contributed by atoms with Gasteiger partial charge in [-0.1, -0.05) is 0 Å². The third kappa shape index (κ3) is 2.97. The van der Waals surface area contributed by atoms with Gasteiger partial charge in [-0.3, -0.25) is 9.59 Å². The highest BCUT2D eigenvalue weighted by molar-refractivity contribution is 5.97. The van der Waals surface area contributed by atoms with Crippen molar-refractivity contribution in [1.29, 1.82) is 0 Å². The molecule has 114 valence electrons. The molecule has 1 N–H and O–H groups in total. The Kier molecular flexibility index (Phi) is 4.42. The maximum Gasteiger partial charge on any atom is 0.259 e. The lowest BCUT2D eigenvalue weighted by Gasteiger charge is -2.39. The lowest BCUT2D eigenvalue weighted by Crippen LogP contribution is -2.58. The van der Waals surface area contributed by atoms with Gasteiger partial charge in [0.05, 0.1) is 20.3 Å². The Morgan fingerprint density at radius 1 is 1.52 bits per heavy atom. The average Bonchev–Trinajstić information content (AvgIpc) is 2.53. The van der Waals surface area contributed by atoms with E-state index in [1.165, 1.54) is 7.11 Å². The van der Waals surface area contributed by atoms with Crippen LogP contribution in [0.2, 0.25) is 0 Å². The molecule has 0 saturated carbocycles. The molecule has 0 aliphatic carbocycles. The van der Waals surface area contributed by atoms with E-state index in [0.29, 0.717) is 18.7 Å². The number of nitrogens with zero attached hydrogens (tertiary/aromatic N) is 2. The third-order valence-corrected chi connectivity index (χ3v) is 3.46. The Morgan fingerprint density at radius 2 is 2.29 bits per heavy atom. The summed E-state index contributed by atoms with van der Waals surface area (Å²) in [5.74, 6) is -0.202. The summed E-state index contributed by atoms with van der Waals surface area (Å²) in [6.45, 7) is 2.58. The molecule has 1 saturated heterocycles. The summed E-state index contributed by atoms with van der Waals surface area (Å²) in [5.41, 5.74) is -0.667. The number of nitrogens with one attached hydrogen (secondary N) is 1. The summed E-state index contributed by atoms with van der Waals surface area (Å²) in [4.78, 5) is 30.1. The first-order chi connectivity index (χ1) is 10.0. The predicted octanol–water partition coefficient (Wildman–Crippen LogP) is 0.0673. The molecule has 0 radical (unpaired) electrons. The molecule has 0 aromatic carbocycles. The van der Waals surface area contributed by atoms with Gasteiger partial charge in [0.1, 0.15) is 5.56 Å². The molecule has 7 nitrogen and oxygen atoms in total. The normalized spacial score (nSPS) is 21.8. The first kappa shape index (κ1) is 15.2. The molecule has 1 aromatic rings. The second-order valence-electron chi connectivity index (χ2n) is 4.95. The summed E-state index contributed by atoms with van der Waals surface area (Å²) < 4.78 is 10.6. The van der Waals surface area contributed by atoms with Crippen LogP contribution < -0.4 is 10.1 Å². The smallest absolute Gasteiger partial charge is 0.259 e. The number of carbonyl (C=O) groups is 2. The van der Waals surface area contributed by atoms with E-state index in [1.807, 2.05) is 0 Å². The number of morpholine rings is 1. The number of methoxy groups -OCH3 is 1. The summed E-state index contributed by atoms with van der Waals surface area (Å²) in [6.07, 6.45) is 1.56. The largest absolute Gasteiger partial charge is 0.480 e. The Hall–Kier alpha value is -2.15. The minimum atomic E-state index is -1.04. The number of carbonyl (C=O) groups excluding carboxylic acids is 2. The lowest BCUT2D eigenvalue weighted by atomic mass is 10.0. The molecular formula is C14H19N3O4. The van der Waals surface area contributed by atoms with E-state index in [0.717, 1.165) is 0 Å².